The Bertz CT molecular complexity index is 592. The van der Waals surface area contributed by atoms with Crippen LogP contribution < -0.4 is 0 Å². The molecule has 0 aliphatic carbocycles. The lowest BCUT2D eigenvalue weighted by Gasteiger charge is -2.24. The summed E-state index contributed by atoms with van der Waals surface area (Å²) in [5.41, 5.74) is -1.46. The summed E-state index contributed by atoms with van der Waals surface area (Å²) in [5, 5.41) is 18.9. The number of aliphatic hydroxyl groups is 1. The molecule has 0 spiro atoms. The van der Waals surface area contributed by atoms with Crippen LogP contribution in [-0.2, 0) is 9.59 Å². The highest BCUT2D eigenvalue weighted by molar-refractivity contribution is 5.89. The Labute approximate surface area is 170 Å². The van der Waals surface area contributed by atoms with Gasteiger partial charge in [0.15, 0.2) is 5.78 Å². The molecule has 0 aromatic rings. The van der Waals surface area contributed by atoms with Crippen LogP contribution in [-0.4, -0.2) is 28.1 Å². The summed E-state index contributed by atoms with van der Waals surface area (Å²) in [4.78, 5) is 22.9. The predicted molar refractivity (Wildman–Crippen MR) is 116 cm³/mol. The second kappa shape index (κ2) is 15.8. The summed E-state index contributed by atoms with van der Waals surface area (Å²) in [6, 6.07) is 0. The predicted octanol–water partition coefficient (Wildman–Crippen LogP) is 5.56. The lowest BCUT2D eigenvalue weighted by molar-refractivity contribution is -0.158. The highest BCUT2D eigenvalue weighted by Crippen LogP contribution is 2.22. The molecule has 1 unspecified atom stereocenters. The van der Waals surface area contributed by atoms with Crippen LogP contribution in [0.25, 0.3) is 0 Å². The zero-order chi connectivity index (χ0) is 21.3. The molecule has 4 heteroatoms. The normalized spacial score (nSPS) is 14.3. The number of Topliss-reactive ketones (excluding diaryl/α,β-unsaturated/α-hetero) is 1. The molecule has 4 nitrogen and oxygen atoms in total. The molecule has 0 saturated carbocycles. The van der Waals surface area contributed by atoms with Gasteiger partial charge in [-0.3, -0.25) is 9.59 Å². The van der Waals surface area contributed by atoms with Crippen molar-refractivity contribution in [2.75, 3.05) is 0 Å². The van der Waals surface area contributed by atoms with E-state index in [1.165, 1.54) is 13.8 Å². The zero-order valence-corrected chi connectivity index (χ0v) is 17.5. The first-order chi connectivity index (χ1) is 13.3. The van der Waals surface area contributed by atoms with E-state index in [1.807, 2.05) is 12.2 Å². The second-order valence-electron chi connectivity index (χ2n) is 7.14. The van der Waals surface area contributed by atoms with E-state index >= 15 is 0 Å². The van der Waals surface area contributed by atoms with Crippen LogP contribution in [0, 0.1) is 5.41 Å². The first kappa shape index (κ1) is 25.8. The molecule has 2 N–H and O–H groups in total. The van der Waals surface area contributed by atoms with E-state index in [2.05, 4.69) is 55.5 Å². The van der Waals surface area contributed by atoms with Crippen LogP contribution in [0.1, 0.15) is 65.7 Å². The SMILES string of the molecule is CC/C=C\C/C=C\C/C=C\C/C=C\C/C=C\CCC(=O)C(O)C(C)(C)C(=O)O. The molecule has 0 heterocycles. The summed E-state index contributed by atoms with van der Waals surface area (Å²) >= 11 is 0. The minimum absolute atomic E-state index is 0.141. The lowest BCUT2D eigenvalue weighted by atomic mass is 9.83. The van der Waals surface area contributed by atoms with E-state index in [4.69, 9.17) is 5.11 Å². The summed E-state index contributed by atoms with van der Waals surface area (Å²) in [6.07, 6.45) is 24.8. The number of aliphatic carboxylic acids is 1. The molecule has 0 aliphatic rings. The molecule has 0 aliphatic heterocycles. The van der Waals surface area contributed by atoms with Crippen molar-refractivity contribution >= 4 is 11.8 Å². The van der Waals surface area contributed by atoms with Gasteiger partial charge in [-0.15, -0.1) is 0 Å². The van der Waals surface area contributed by atoms with Gasteiger partial charge in [0.25, 0.3) is 0 Å². The zero-order valence-electron chi connectivity index (χ0n) is 17.5. The van der Waals surface area contributed by atoms with Gasteiger partial charge >= 0.3 is 5.97 Å². The van der Waals surface area contributed by atoms with E-state index in [-0.39, 0.29) is 6.42 Å². The van der Waals surface area contributed by atoms with Crippen LogP contribution in [0.2, 0.25) is 0 Å². The minimum Gasteiger partial charge on any atom is -0.481 e. The Kier molecular flexibility index (Phi) is 14.6. The number of ketones is 1. The molecule has 0 rings (SSSR count). The van der Waals surface area contributed by atoms with Crippen LogP contribution in [0.4, 0.5) is 0 Å². The number of allylic oxidation sites excluding steroid dienone is 10. The van der Waals surface area contributed by atoms with E-state index in [0.29, 0.717) is 6.42 Å². The molecule has 0 amide bonds. The van der Waals surface area contributed by atoms with Crippen molar-refractivity contribution in [1.82, 2.24) is 0 Å². The average molecular weight is 389 g/mol. The Morgan fingerprint density at radius 3 is 1.57 bits per heavy atom. The number of carbonyl (C=O) groups excluding carboxylic acids is 1. The van der Waals surface area contributed by atoms with Crippen molar-refractivity contribution in [3.63, 3.8) is 0 Å². The molecule has 0 radical (unpaired) electrons. The molecule has 0 saturated heterocycles. The van der Waals surface area contributed by atoms with Gasteiger partial charge in [0, 0.05) is 6.42 Å². The maximum Gasteiger partial charge on any atom is 0.312 e. The maximum absolute atomic E-state index is 11.9. The van der Waals surface area contributed by atoms with Crippen molar-refractivity contribution in [2.24, 2.45) is 5.41 Å². The van der Waals surface area contributed by atoms with Crippen molar-refractivity contribution < 1.29 is 19.8 Å². The molecule has 0 aromatic carbocycles. The number of carboxylic acids is 1. The van der Waals surface area contributed by atoms with E-state index < -0.39 is 23.3 Å². The third-order valence-corrected chi connectivity index (χ3v) is 4.25. The number of carboxylic acid groups (broad SMARTS) is 1. The van der Waals surface area contributed by atoms with Crippen LogP contribution in [0.15, 0.2) is 60.8 Å². The molecule has 156 valence electrons. The molecular formula is C24H36O4. The van der Waals surface area contributed by atoms with E-state index in [0.717, 1.165) is 32.1 Å². The van der Waals surface area contributed by atoms with Crippen molar-refractivity contribution in [3.05, 3.63) is 60.8 Å². The minimum atomic E-state index is -1.48. The first-order valence-electron chi connectivity index (χ1n) is 10.0. The van der Waals surface area contributed by atoms with Crippen molar-refractivity contribution in [2.45, 2.75) is 71.8 Å². The molecular weight excluding hydrogens is 352 g/mol. The van der Waals surface area contributed by atoms with E-state index in [1.54, 1.807) is 0 Å². The van der Waals surface area contributed by atoms with E-state index in [9.17, 15) is 14.7 Å². The monoisotopic (exact) mass is 388 g/mol. The summed E-state index contributed by atoms with van der Waals surface area (Å²) in [6.45, 7) is 4.84. The van der Waals surface area contributed by atoms with Gasteiger partial charge < -0.3 is 10.2 Å². The van der Waals surface area contributed by atoms with Gasteiger partial charge in [-0.2, -0.15) is 0 Å². The number of hydrogen-bond donors (Lipinski definition) is 2. The number of aliphatic hydroxyl groups excluding tert-OH is 1. The van der Waals surface area contributed by atoms with Crippen LogP contribution >= 0.6 is 0 Å². The first-order valence-corrected chi connectivity index (χ1v) is 10.0. The maximum atomic E-state index is 11.9. The highest BCUT2D eigenvalue weighted by Gasteiger charge is 2.39. The van der Waals surface area contributed by atoms with Crippen LogP contribution in [0.5, 0.6) is 0 Å². The fourth-order valence-corrected chi connectivity index (χ4v) is 2.25. The average Bonchev–Trinajstić information content (AvgIpc) is 2.66. The Morgan fingerprint density at radius 2 is 1.18 bits per heavy atom. The number of carbonyl (C=O) groups is 2. The fraction of sp³-hybridized carbons (Fsp3) is 0.500. The smallest absolute Gasteiger partial charge is 0.312 e. The Morgan fingerprint density at radius 1 is 0.786 bits per heavy atom. The van der Waals surface area contributed by atoms with Gasteiger partial charge in [0.05, 0.1) is 5.41 Å². The third-order valence-electron chi connectivity index (χ3n) is 4.25. The topological polar surface area (TPSA) is 74.6 Å². The Balaban J connectivity index is 3.87. The van der Waals surface area contributed by atoms with Crippen LogP contribution in [0.3, 0.4) is 0 Å². The van der Waals surface area contributed by atoms with Gasteiger partial charge in [-0.1, -0.05) is 67.7 Å². The quantitative estimate of drug-likeness (QED) is 0.360. The van der Waals surface area contributed by atoms with Crippen molar-refractivity contribution in [3.8, 4) is 0 Å². The summed E-state index contributed by atoms with van der Waals surface area (Å²) < 4.78 is 0. The number of rotatable bonds is 15. The molecule has 0 aromatic heterocycles. The van der Waals surface area contributed by atoms with Gasteiger partial charge in [0.1, 0.15) is 6.10 Å². The lowest BCUT2D eigenvalue weighted by Crippen LogP contribution is -2.42. The van der Waals surface area contributed by atoms with Gasteiger partial charge in [-0.05, 0) is 52.4 Å². The highest BCUT2D eigenvalue weighted by atomic mass is 16.4. The fourth-order valence-electron chi connectivity index (χ4n) is 2.25. The van der Waals surface area contributed by atoms with Gasteiger partial charge in [-0.25, -0.2) is 0 Å². The molecule has 28 heavy (non-hydrogen) atoms. The molecule has 1 atom stereocenters. The molecule has 0 fully saturated rings. The largest absolute Gasteiger partial charge is 0.481 e. The van der Waals surface area contributed by atoms with Gasteiger partial charge in [0.2, 0.25) is 0 Å². The second-order valence-corrected chi connectivity index (χ2v) is 7.14. The summed E-state index contributed by atoms with van der Waals surface area (Å²) in [7, 11) is 0. The summed E-state index contributed by atoms with van der Waals surface area (Å²) in [5.74, 6) is -1.61. The Hall–Kier alpha value is -2.20. The standard InChI is InChI=1S/C24H36O4/c1-4-5-6-7-8-9-10-11-12-13-14-15-16-17-18-19-20-21(25)22(26)24(2,3)23(27)28/h5-6,8-9,11-12,14-15,17-18,22,26H,4,7,10,13,16,19-20H2,1-3H3,(H,27,28)/b6-5-,9-8-,12-11-,15-14-,18-17-. The molecule has 0 bridgehead atoms. The van der Waals surface area contributed by atoms with Crippen molar-refractivity contribution in [1.29, 1.82) is 0 Å². The third kappa shape index (κ3) is 12.2. The number of hydrogen-bond acceptors (Lipinski definition) is 3.